The number of carbonyl (C=O) groups excluding carboxylic acids is 1. The number of likely N-dealkylation sites (tertiary alicyclic amines) is 1. The molecule has 3 heteroatoms. The van der Waals surface area contributed by atoms with Gasteiger partial charge in [0.05, 0.1) is 0 Å². The van der Waals surface area contributed by atoms with Crippen molar-refractivity contribution in [2.45, 2.75) is 58.4 Å². The number of nitrogens with one attached hydrogen (secondary N) is 1. The summed E-state index contributed by atoms with van der Waals surface area (Å²) in [5.74, 6) is 1.80. The van der Waals surface area contributed by atoms with Crippen LogP contribution in [-0.4, -0.2) is 36.0 Å². The summed E-state index contributed by atoms with van der Waals surface area (Å²) in [4.78, 5) is 14.5. The van der Waals surface area contributed by atoms with E-state index in [1.54, 1.807) is 0 Å². The molecule has 0 aromatic rings. The van der Waals surface area contributed by atoms with Crippen molar-refractivity contribution in [3.8, 4) is 0 Å². The van der Waals surface area contributed by atoms with Crippen LogP contribution in [0.1, 0.15) is 52.9 Å². The van der Waals surface area contributed by atoms with Gasteiger partial charge in [-0.25, -0.2) is 0 Å². The molecule has 2 rings (SSSR count). The Bertz CT molecular complexity index is 295. The highest BCUT2D eigenvalue weighted by molar-refractivity contribution is 5.77. The van der Waals surface area contributed by atoms with Crippen LogP contribution < -0.4 is 5.32 Å². The van der Waals surface area contributed by atoms with Gasteiger partial charge < -0.3 is 10.2 Å². The van der Waals surface area contributed by atoms with Crippen molar-refractivity contribution < 1.29 is 4.79 Å². The number of hydrogen-bond donors (Lipinski definition) is 1. The topological polar surface area (TPSA) is 32.3 Å². The van der Waals surface area contributed by atoms with Gasteiger partial charge in [-0.15, -0.1) is 0 Å². The fourth-order valence-corrected chi connectivity index (χ4v) is 3.66. The molecule has 0 aromatic heterocycles. The van der Waals surface area contributed by atoms with E-state index in [1.165, 1.54) is 12.8 Å². The quantitative estimate of drug-likeness (QED) is 0.836. The van der Waals surface area contributed by atoms with E-state index >= 15 is 0 Å². The zero-order valence-electron chi connectivity index (χ0n) is 12.2. The standard InChI is InChI=1S/C15H28N2O/c1-12-10-15(2,3)17(11-12)14(18)5-4-13-6-8-16-9-7-13/h12-13,16H,4-11H2,1-3H3. The van der Waals surface area contributed by atoms with E-state index in [9.17, 15) is 4.79 Å². The highest BCUT2D eigenvalue weighted by Gasteiger charge is 2.38. The monoisotopic (exact) mass is 252 g/mol. The van der Waals surface area contributed by atoms with Crippen molar-refractivity contribution in [1.82, 2.24) is 10.2 Å². The molecule has 3 nitrogen and oxygen atoms in total. The molecule has 0 aromatic carbocycles. The second-order valence-corrected chi connectivity index (χ2v) is 6.86. The molecule has 0 bridgehead atoms. The highest BCUT2D eigenvalue weighted by Crippen LogP contribution is 2.33. The fourth-order valence-electron chi connectivity index (χ4n) is 3.66. The van der Waals surface area contributed by atoms with Crippen LogP contribution in [0.15, 0.2) is 0 Å². The molecule has 1 N–H and O–H groups in total. The van der Waals surface area contributed by atoms with Crippen molar-refractivity contribution >= 4 is 5.91 Å². The molecule has 0 radical (unpaired) electrons. The number of nitrogens with zero attached hydrogens (tertiary/aromatic N) is 1. The van der Waals surface area contributed by atoms with Crippen LogP contribution in [0.4, 0.5) is 0 Å². The van der Waals surface area contributed by atoms with Crippen LogP contribution in [0.3, 0.4) is 0 Å². The first-order valence-corrected chi connectivity index (χ1v) is 7.50. The van der Waals surface area contributed by atoms with E-state index in [2.05, 4.69) is 31.0 Å². The maximum absolute atomic E-state index is 12.4. The van der Waals surface area contributed by atoms with Gasteiger partial charge in [-0.3, -0.25) is 4.79 Å². The van der Waals surface area contributed by atoms with E-state index in [0.29, 0.717) is 11.8 Å². The lowest BCUT2D eigenvalue weighted by Crippen LogP contribution is -2.42. The third-order valence-electron chi connectivity index (χ3n) is 4.60. The number of piperidine rings is 1. The van der Waals surface area contributed by atoms with E-state index in [0.717, 1.165) is 44.8 Å². The summed E-state index contributed by atoms with van der Waals surface area (Å²) in [6.45, 7) is 9.88. The first kappa shape index (κ1) is 13.9. The Morgan fingerprint density at radius 3 is 2.56 bits per heavy atom. The summed E-state index contributed by atoms with van der Waals surface area (Å²) >= 11 is 0. The van der Waals surface area contributed by atoms with Crippen LogP contribution in [0.2, 0.25) is 0 Å². The molecule has 1 unspecified atom stereocenters. The Hall–Kier alpha value is -0.570. The predicted molar refractivity (Wildman–Crippen MR) is 74.4 cm³/mol. The third kappa shape index (κ3) is 3.25. The molecule has 0 spiro atoms. The third-order valence-corrected chi connectivity index (χ3v) is 4.60. The van der Waals surface area contributed by atoms with Crippen molar-refractivity contribution in [3.63, 3.8) is 0 Å². The highest BCUT2D eigenvalue weighted by atomic mass is 16.2. The van der Waals surface area contributed by atoms with Gasteiger partial charge in [0, 0.05) is 18.5 Å². The first-order valence-electron chi connectivity index (χ1n) is 7.50. The number of carbonyl (C=O) groups is 1. The summed E-state index contributed by atoms with van der Waals surface area (Å²) in [6.07, 6.45) is 5.47. The smallest absolute Gasteiger partial charge is 0.223 e. The normalized spacial score (nSPS) is 28.6. The molecule has 0 saturated carbocycles. The number of hydrogen-bond acceptors (Lipinski definition) is 2. The van der Waals surface area contributed by atoms with Gasteiger partial charge in [0.1, 0.15) is 0 Å². The van der Waals surface area contributed by atoms with Crippen LogP contribution in [0.5, 0.6) is 0 Å². The minimum atomic E-state index is 0.0740. The molecule has 1 atom stereocenters. The summed E-state index contributed by atoms with van der Waals surface area (Å²) < 4.78 is 0. The van der Waals surface area contributed by atoms with E-state index in [-0.39, 0.29) is 5.54 Å². The Morgan fingerprint density at radius 2 is 2.00 bits per heavy atom. The van der Waals surface area contributed by atoms with Crippen molar-refractivity contribution in [3.05, 3.63) is 0 Å². The van der Waals surface area contributed by atoms with E-state index in [4.69, 9.17) is 0 Å². The molecule has 2 heterocycles. The maximum Gasteiger partial charge on any atom is 0.223 e. The van der Waals surface area contributed by atoms with Gasteiger partial charge in [-0.2, -0.15) is 0 Å². The SMILES string of the molecule is CC1CN(C(=O)CCC2CCNCC2)C(C)(C)C1. The minimum Gasteiger partial charge on any atom is -0.337 e. The number of amides is 1. The second-order valence-electron chi connectivity index (χ2n) is 6.86. The zero-order valence-corrected chi connectivity index (χ0v) is 12.2. The van der Waals surface area contributed by atoms with Gasteiger partial charge in [-0.1, -0.05) is 6.92 Å². The fraction of sp³-hybridized carbons (Fsp3) is 0.933. The second kappa shape index (κ2) is 5.60. The lowest BCUT2D eigenvalue weighted by Gasteiger charge is -2.32. The summed E-state index contributed by atoms with van der Waals surface area (Å²) in [6, 6.07) is 0. The van der Waals surface area contributed by atoms with Crippen molar-refractivity contribution in [1.29, 1.82) is 0 Å². The van der Waals surface area contributed by atoms with E-state index in [1.807, 2.05) is 0 Å². The molecular formula is C15H28N2O. The largest absolute Gasteiger partial charge is 0.337 e. The van der Waals surface area contributed by atoms with Crippen molar-refractivity contribution in [2.24, 2.45) is 11.8 Å². The summed E-state index contributed by atoms with van der Waals surface area (Å²) in [5, 5.41) is 3.38. The zero-order chi connectivity index (χ0) is 13.2. The van der Waals surface area contributed by atoms with Gasteiger partial charge in [0.25, 0.3) is 0 Å². The molecule has 2 saturated heterocycles. The van der Waals surface area contributed by atoms with Crippen LogP contribution >= 0.6 is 0 Å². The molecule has 0 aliphatic carbocycles. The lowest BCUT2D eigenvalue weighted by molar-refractivity contribution is -0.134. The van der Waals surface area contributed by atoms with Crippen LogP contribution in [-0.2, 0) is 4.79 Å². The lowest BCUT2D eigenvalue weighted by atomic mass is 9.92. The van der Waals surface area contributed by atoms with Gasteiger partial charge in [-0.05, 0) is 64.5 Å². The van der Waals surface area contributed by atoms with Gasteiger partial charge in [0.2, 0.25) is 5.91 Å². The predicted octanol–water partition coefficient (Wildman–Crippen LogP) is 2.41. The molecule has 2 fully saturated rings. The maximum atomic E-state index is 12.4. The molecule has 104 valence electrons. The Kier molecular flexibility index (Phi) is 4.31. The Morgan fingerprint density at radius 1 is 1.33 bits per heavy atom. The Balaban J connectivity index is 1.80. The molecule has 2 aliphatic heterocycles. The molecule has 18 heavy (non-hydrogen) atoms. The van der Waals surface area contributed by atoms with Crippen molar-refractivity contribution in [2.75, 3.05) is 19.6 Å². The molecule has 1 amide bonds. The van der Waals surface area contributed by atoms with Gasteiger partial charge >= 0.3 is 0 Å². The average molecular weight is 252 g/mol. The minimum absolute atomic E-state index is 0.0740. The van der Waals surface area contributed by atoms with Crippen LogP contribution in [0.25, 0.3) is 0 Å². The summed E-state index contributed by atoms with van der Waals surface area (Å²) in [7, 11) is 0. The first-order chi connectivity index (χ1) is 8.49. The number of rotatable bonds is 3. The Labute approximate surface area is 111 Å². The average Bonchev–Trinajstić information content (AvgIpc) is 2.61. The van der Waals surface area contributed by atoms with Gasteiger partial charge in [0.15, 0.2) is 0 Å². The van der Waals surface area contributed by atoms with Crippen LogP contribution in [0, 0.1) is 11.8 Å². The molecular weight excluding hydrogens is 224 g/mol. The summed E-state index contributed by atoms with van der Waals surface area (Å²) in [5.41, 5.74) is 0.0740. The molecule has 2 aliphatic rings. The van der Waals surface area contributed by atoms with E-state index < -0.39 is 0 Å².